The van der Waals surface area contributed by atoms with Gasteiger partial charge in [-0.1, -0.05) is 49.9 Å². The van der Waals surface area contributed by atoms with Crippen LogP contribution in [0.15, 0.2) is 48.5 Å². The molecule has 0 radical (unpaired) electrons. The van der Waals surface area contributed by atoms with Gasteiger partial charge in [0, 0.05) is 89.3 Å². The lowest BCUT2D eigenvalue weighted by atomic mass is 9.78. The molecule has 10 fully saturated rings. The van der Waals surface area contributed by atoms with E-state index in [2.05, 4.69) is 68.1 Å². The Balaban J connectivity index is 0.000000137. The molecule has 6 heterocycles. The fraction of sp³-hybridized carbons (Fsp3) is 0.679. The summed E-state index contributed by atoms with van der Waals surface area (Å²) in [6.45, 7) is 11.9. The summed E-state index contributed by atoms with van der Waals surface area (Å²) in [5.41, 5.74) is 0. The highest BCUT2D eigenvalue weighted by Crippen LogP contribution is 2.57. The van der Waals surface area contributed by atoms with Crippen LogP contribution in [-0.2, 0) is 19.2 Å². The van der Waals surface area contributed by atoms with E-state index in [4.69, 9.17) is 8.75 Å². The molecular weight excluding hydrogens is 913 g/mol. The molecule has 14 rings (SSSR count). The third kappa shape index (κ3) is 8.21. The van der Waals surface area contributed by atoms with E-state index in [1.54, 1.807) is 32.9 Å². The molecule has 12 atom stereocenters. The molecule has 2 aromatic carbocycles. The van der Waals surface area contributed by atoms with E-state index >= 15 is 0 Å². The van der Waals surface area contributed by atoms with Gasteiger partial charge in [-0.15, -0.1) is 0 Å². The minimum absolute atomic E-state index is 0.0261. The number of likely N-dealkylation sites (tertiary alicyclic amines) is 2. The number of benzene rings is 2. The molecule has 10 aliphatic rings. The second-order valence-corrected chi connectivity index (χ2v) is 25.1. The predicted octanol–water partition coefficient (Wildman–Crippen LogP) is 8.51. The number of fused-ring (bicyclic) bond motifs is 12. The summed E-state index contributed by atoms with van der Waals surface area (Å²) >= 11 is 3.20. The van der Waals surface area contributed by atoms with Gasteiger partial charge in [-0.05, 0) is 159 Å². The summed E-state index contributed by atoms with van der Waals surface area (Å²) in [6, 6.07) is 17.1. The summed E-state index contributed by atoms with van der Waals surface area (Å²) in [5, 5.41) is 2.55. The van der Waals surface area contributed by atoms with Gasteiger partial charge >= 0.3 is 0 Å². The van der Waals surface area contributed by atoms with E-state index in [1.807, 2.05) is 0 Å². The van der Waals surface area contributed by atoms with Crippen LogP contribution >= 0.6 is 23.1 Å². The summed E-state index contributed by atoms with van der Waals surface area (Å²) in [4.78, 5) is 66.7. The first-order chi connectivity index (χ1) is 34.3. The largest absolute Gasteiger partial charge is 0.353 e. The molecule has 4 aliphatic heterocycles. The van der Waals surface area contributed by atoms with Crippen LogP contribution in [-0.4, -0.2) is 131 Å². The number of amides is 4. The number of piperazine rings is 2. The Kier molecular flexibility index (Phi) is 12.5. The molecule has 0 unspecified atom stereocenters. The summed E-state index contributed by atoms with van der Waals surface area (Å²) < 4.78 is 12.0. The van der Waals surface area contributed by atoms with Gasteiger partial charge in [0.1, 0.15) is 11.6 Å². The Labute approximate surface area is 421 Å². The molecule has 2 aromatic heterocycles. The number of anilines is 2. The third-order valence-electron chi connectivity index (χ3n) is 20.1. The maximum Gasteiger partial charge on any atom is 0.233 e. The van der Waals surface area contributed by atoms with Crippen molar-refractivity contribution in [3.8, 4) is 0 Å². The van der Waals surface area contributed by atoms with Crippen molar-refractivity contribution in [1.82, 2.24) is 28.3 Å². The molecular formula is C56H72N8O4S2. The number of carbonyl (C=O) groups is 4. The Bertz CT molecular complexity index is 2370. The van der Waals surface area contributed by atoms with Crippen molar-refractivity contribution in [2.45, 2.75) is 89.9 Å². The van der Waals surface area contributed by atoms with Crippen LogP contribution in [0.1, 0.15) is 89.9 Å². The number of imide groups is 2. The summed E-state index contributed by atoms with van der Waals surface area (Å²) in [7, 11) is 0. The number of carbonyl (C=O) groups excluding carboxylic acids is 4. The van der Waals surface area contributed by atoms with Crippen LogP contribution in [0.4, 0.5) is 11.6 Å². The maximum atomic E-state index is 13.3. The highest BCUT2D eigenvalue weighted by atomic mass is 32.1. The zero-order valence-corrected chi connectivity index (χ0v) is 42.6. The van der Waals surface area contributed by atoms with E-state index in [0.717, 1.165) is 128 Å². The molecule has 4 amide bonds. The third-order valence-corrected chi connectivity index (χ3v) is 21.7. The standard InChI is InChI=1S/2C28H36N4O2S/c2*33-27-24-18-9-10-19(15-18)25(24)28(34)32(27)17-21-6-2-1-5-20(21)16-30-11-13-31(14-12-30)26-22-7-3-4-8-23(22)35-29-26/h2*3-4,7-8,18-21,24-25H,1-2,5-6,9-17H2/t2*18-,19+,20-,21+,24+,25-/m10/s1. The molecule has 4 aromatic rings. The van der Waals surface area contributed by atoms with Crippen LogP contribution in [0.3, 0.4) is 0 Å². The lowest BCUT2D eigenvalue weighted by Gasteiger charge is -2.40. The molecule has 0 spiro atoms. The van der Waals surface area contributed by atoms with Gasteiger partial charge in [-0.2, -0.15) is 8.75 Å². The van der Waals surface area contributed by atoms with E-state index in [-0.39, 0.29) is 47.3 Å². The van der Waals surface area contributed by atoms with Crippen molar-refractivity contribution < 1.29 is 19.2 Å². The van der Waals surface area contributed by atoms with Crippen molar-refractivity contribution >= 4 is 78.5 Å². The molecule has 14 heteroatoms. The van der Waals surface area contributed by atoms with Crippen molar-refractivity contribution in [1.29, 1.82) is 0 Å². The van der Waals surface area contributed by atoms with Crippen LogP contribution in [0.2, 0.25) is 0 Å². The van der Waals surface area contributed by atoms with Gasteiger partial charge in [0.2, 0.25) is 23.6 Å². The average Bonchev–Trinajstić information content (AvgIpc) is 4.29. The van der Waals surface area contributed by atoms with Crippen LogP contribution in [0, 0.1) is 71.0 Å². The number of aromatic nitrogens is 2. The first kappa shape index (κ1) is 45.9. The van der Waals surface area contributed by atoms with E-state index < -0.39 is 0 Å². The van der Waals surface area contributed by atoms with Crippen LogP contribution < -0.4 is 9.80 Å². The molecule has 6 aliphatic carbocycles. The lowest BCUT2D eigenvalue weighted by Crippen LogP contribution is -2.49. The van der Waals surface area contributed by atoms with E-state index in [0.29, 0.717) is 60.4 Å². The summed E-state index contributed by atoms with van der Waals surface area (Å²) in [6.07, 6.45) is 16.7. The number of rotatable bonds is 10. The first-order valence-electron chi connectivity index (χ1n) is 27.7. The zero-order valence-electron chi connectivity index (χ0n) is 41.0. The SMILES string of the molecule is O=C1[C@@H]2[C@H]3CC[C@H](C3)[C@@H]2C(=O)N1C[C@@H]1CCCC[C@@H]1CN1CCN(c2nsc3ccccc23)CC1.O=C1[C@@H]2[C@H]3CC[C@H](C3)[C@@H]2C(=O)N1C[C@H]1CCCC[C@H]1CN1CCN(c2nsc3ccccc23)CC1. The molecule has 372 valence electrons. The molecule has 0 N–H and O–H groups in total. The molecule has 6 saturated carbocycles. The van der Waals surface area contributed by atoms with Crippen molar-refractivity contribution in [2.24, 2.45) is 71.0 Å². The monoisotopic (exact) mass is 985 g/mol. The maximum absolute atomic E-state index is 13.3. The second-order valence-electron chi connectivity index (χ2n) is 23.5. The van der Waals surface area contributed by atoms with Gasteiger partial charge < -0.3 is 9.80 Å². The van der Waals surface area contributed by atoms with Crippen molar-refractivity contribution in [3.05, 3.63) is 48.5 Å². The second kappa shape index (κ2) is 19.1. The first-order valence-corrected chi connectivity index (χ1v) is 29.2. The number of hydrogen-bond donors (Lipinski definition) is 0. The smallest absolute Gasteiger partial charge is 0.233 e. The molecule has 12 nitrogen and oxygen atoms in total. The number of hydrogen-bond acceptors (Lipinski definition) is 12. The van der Waals surface area contributed by atoms with E-state index in [9.17, 15) is 19.2 Å². The van der Waals surface area contributed by atoms with Gasteiger partial charge in [-0.25, -0.2) is 0 Å². The van der Waals surface area contributed by atoms with Gasteiger partial charge in [0.05, 0.1) is 33.1 Å². The van der Waals surface area contributed by atoms with Crippen molar-refractivity contribution in [3.63, 3.8) is 0 Å². The Morgan fingerprint density at radius 3 is 1.10 bits per heavy atom. The summed E-state index contributed by atoms with van der Waals surface area (Å²) in [5.74, 6) is 7.18. The highest BCUT2D eigenvalue weighted by Gasteiger charge is 2.62. The fourth-order valence-electron chi connectivity index (χ4n) is 16.4. The van der Waals surface area contributed by atoms with Crippen LogP contribution in [0.25, 0.3) is 20.2 Å². The van der Waals surface area contributed by atoms with Crippen LogP contribution in [0.5, 0.6) is 0 Å². The van der Waals surface area contributed by atoms with E-state index in [1.165, 1.54) is 58.7 Å². The lowest BCUT2D eigenvalue weighted by molar-refractivity contribution is -0.143. The average molecular weight is 985 g/mol. The fourth-order valence-corrected chi connectivity index (χ4v) is 18.0. The molecule has 70 heavy (non-hydrogen) atoms. The Morgan fingerprint density at radius 1 is 0.414 bits per heavy atom. The van der Waals surface area contributed by atoms with Gasteiger partial charge in [0.15, 0.2) is 0 Å². The van der Waals surface area contributed by atoms with Crippen molar-refractivity contribution in [2.75, 3.05) is 88.3 Å². The predicted molar refractivity (Wildman–Crippen MR) is 277 cm³/mol. The minimum atomic E-state index is 0.0261. The number of nitrogens with zero attached hydrogens (tertiary/aromatic N) is 8. The van der Waals surface area contributed by atoms with Gasteiger partial charge in [0.25, 0.3) is 0 Å². The normalized spacial score (nSPS) is 35.4. The Morgan fingerprint density at radius 2 is 0.743 bits per heavy atom. The molecule has 4 saturated heterocycles. The minimum Gasteiger partial charge on any atom is -0.353 e. The quantitative estimate of drug-likeness (QED) is 0.144. The Hall–Kier alpha value is -3.98. The zero-order chi connectivity index (χ0) is 47.0. The molecule has 4 bridgehead atoms. The van der Waals surface area contributed by atoms with Gasteiger partial charge in [-0.3, -0.25) is 38.8 Å². The highest BCUT2D eigenvalue weighted by molar-refractivity contribution is 7.14. The topological polar surface area (TPSA) is 114 Å².